The van der Waals surface area contributed by atoms with Gasteiger partial charge in [-0.1, -0.05) is 62.4 Å². The number of ketones is 1. The van der Waals surface area contributed by atoms with E-state index >= 15 is 0 Å². The van der Waals surface area contributed by atoms with Crippen molar-refractivity contribution in [3.8, 4) is 11.3 Å². The summed E-state index contributed by atoms with van der Waals surface area (Å²) in [6.07, 6.45) is 0.341. The van der Waals surface area contributed by atoms with Crippen LogP contribution in [0.15, 0.2) is 60.7 Å². The standard InChI is InChI=1S/C22H23NO2/c1-15(2)14-21(25-3)22(24)18-10-8-17(9-11-18)20-13-12-16-6-4-5-7-19(16)23-20/h4-13,15,21H,14H2,1-3H3. The lowest BCUT2D eigenvalue weighted by atomic mass is 9.97. The maximum atomic E-state index is 12.6. The number of carbonyl (C=O) groups is 1. The van der Waals surface area contributed by atoms with E-state index in [0.717, 1.165) is 28.6 Å². The lowest BCUT2D eigenvalue weighted by Gasteiger charge is -2.16. The van der Waals surface area contributed by atoms with Gasteiger partial charge in [-0.15, -0.1) is 0 Å². The van der Waals surface area contributed by atoms with Crippen LogP contribution < -0.4 is 0 Å². The molecule has 2 aromatic carbocycles. The number of pyridine rings is 1. The van der Waals surface area contributed by atoms with Crippen LogP contribution in [-0.2, 0) is 4.74 Å². The van der Waals surface area contributed by atoms with Crippen molar-refractivity contribution in [1.82, 2.24) is 4.98 Å². The zero-order chi connectivity index (χ0) is 17.8. The van der Waals surface area contributed by atoms with Gasteiger partial charge in [-0.05, 0) is 24.5 Å². The molecule has 128 valence electrons. The molecule has 0 radical (unpaired) electrons. The molecule has 0 bridgehead atoms. The van der Waals surface area contributed by atoms with Crippen LogP contribution >= 0.6 is 0 Å². The van der Waals surface area contributed by atoms with Crippen molar-refractivity contribution in [3.05, 3.63) is 66.2 Å². The minimum absolute atomic E-state index is 0.0363. The number of rotatable bonds is 6. The summed E-state index contributed by atoms with van der Waals surface area (Å²) >= 11 is 0. The molecule has 3 nitrogen and oxygen atoms in total. The van der Waals surface area contributed by atoms with E-state index in [1.54, 1.807) is 7.11 Å². The number of benzene rings is 2. The smallest absolute Gasteiger partial charge is 0.191 e. The van der Waals surface area contributed by atoms with Crippen molar-refractivity contribution in [2.75, 3.05) is 7.11 Å². The lowest BCUT2D eigenvalue weighted by molar-refractivity contribution is 0.0542. The van der Waals surface area contributed by atoms with E-state index in [4.69, 9.17) is 9.72 Å². The first kappa shape index (κ1) is 17.3. The Morgan fingerprint density at radius 2 is 1.72 bits per heavy atom. The number of aromatic nitrogens is 1. The number of fused-ring (bicyclic) bond motifs is 1. The second kappa shape index (κ2) is 7.58. The number of nitrogens with zero attached hydrogens (tertiary/aromatic N) is 1. The van der Waals surface area contributed by atoms with Crippen LogP contribution in [0.2, 0.25) is 0 Å². The van der Waals surface area contributed by atoms with Gasteiger partial charge in [-0.25, -0.2) is 4.98 Å². The first-order valence-electron chi connectivity index (χ1n) is 8.61. The number of hydrogen-bond donors (Lipinski definition) is 0. The van der Waals surface area contributed by atoms with E-state index in [9.17, 15) is 4.79 Å². The molecule has 3 aromatic rings. The number of Topliss-reactive ketones (excluding diaryl/α,β-unsaturated/α-hetero) is 1. The van der Waals surface area contributed by atoms with E-state index in [1.165, 1.54) is 0 Å². The monoisotopic (exact) mass is 333 g/mol. The second-order valence-electron chi connectivity index (χ2n) is 6.68. The first-order valence-corrected chi connectivity index (χ1v) is 8.61. The van der Waals surface area contributed by atoms with Crippen LogP contribution in [0.4, 0.5) is 0 Å². The maximum Gasteiger partial charge on any atom is 0.191 e. The summed E-state index contributed by atoms with van der Waals surface area (Å²) in [5.74, 6) is 0.448. The summed E-state index contributed by atoms with van der Waals surface area (Å²) in [4.78, 5) is 17.3. The second-order valence-corrected chi connectivity index (χ2v) is 6.68. The van der Waals surface area contributed by atoms with E-state index in [2.05, 4.69) is 19.9 Å². The molecule has 3 heteroatoms. The quantitative estimate of drug-likeness (QED) is 0.586. The van der Waals surface area contributed by atoms with E-state index < -0.39 is 0 Å². The number of para-hydroxylation sites is 1. The minimum Gasteiger partial charge on any atom is -0.373 e. The van der Waals surface area contributed by atoms with E-state index in [-0.39, 0.29) is 11.9 Å². The summed E-state index contributed by atoms with van der Waals surface area (Å²) in [7, 11) is 1.60. The highest BCUT2D eigenvalue weighted by Crippen LogP contribution is 2.22. The van der Waals surface area contributed by atoms with Gasteiger partial charge in [0.2, 0.25) is 0 Å². The zero-order valence-electron chi connectivity index (χ0n) is 14.9. The predicted molar refractivity (Wildman–Crippen MR) is 102 cm³/mol. The fourth-order valence-corrected chi connectivity index (χ4v) is 2.96. The van der Waals surface area contributed by atoms with Gasteiger partial charge in [-0.3, -0.25) is 4.79 Å². The Morgan fingerprint density at radius 3 is 2.40 bits per heavy atom. The number of carbonyl (C=O) groups excluding carboxylic acids is 1. The molecular formula is C22H23NO2. The van der Waals surface area contributed by atoms with Gasteiger partial charge in [0.05, 0.1) is 11.2 Å². The largest absolute Gasteiger partial charge is 0.373 e. The molecule has 1 unspecified atom stereocenters. The third kappa shape index (κ3) is 3.94. The average Bonchev–Trinajstić information content (AvgIpc) is 2.65. The lowest BCUT2D eigenvalue weighted by Crippen LogP contribution is -2.24. The SMILES string of the molecule is COC(CC(C)C)C(=O)c1ccc(-c2ccc3ccccc3n2)cc1. The van der Waals surface area contributed by atoms with Crippen LogP contribution in [-0.4, -0.2) is 24.0 Å². The van der Waals surface area contributed by atoms with Gasteiger partial charge in [0.15, 0.2) is 5.78 Å². The normalized spacial score (nSPS) is 12.5. The molecular weight excluding hydrogens is 310 g/mol. The molecule has 0 aliphatic rings. The van der Waals surface area contributed by atoms with Gasteiger partial charge in [0, 0.05) is 23.6 Å². The number of ether oxygens (including phenoxy) is 1. The molecule has 0 saturated carbocycles. The molecule has 0 spiro atoms. The molecule has 1 heterocycles. The van der Waals surface area contributed by atoms with Crippen molar-refractivity contribution in [2.24, 2.45) is 5.92 Å². The third-order valence-electron chi connectivity index (χ3n) is 4.33. The van der Waals surface area contributed by atoms with Crippen molar-refractivity contribution in [2.45, 2.75) is 26.4 Å². The molecule has 0 N–H and O–H groups in total. The van der Waals surface area contributed by atoms with E-state index in [0.29, 0.717) is 11.5 Å². The predicted octanol–water partition coefficient (Wildman–Crippen LogP) is 5.15. The van der Waals surface area contributed by atoms with Gasteiger partial charge >= 0.3 is 0 Å². The van der Waals surface area contributed by atoms with Crippen LogP contribution in [0.25, 0.3) is 22.2 Å². The van der Waals surface area contributed by atoms with Crippen LogP contribution in [0.3, 0.4) is 0 Å². The summed E-state index contributed by atoms with van der Waals surface area (Å²) < 4.78 is 5.38. The first-order chi connectivity index (χ1) is 12.1. The molecule has 0 aliphatic carbocycles. The summed E-state index contributed by atoms with van der Waals surface area (Å²) in [6, 6.07) is 19.8. The highest BCUT2D eigenvalue weighted by Gasteiger charge is 2.20. The highest BCUT2D eigenvalue weighted by atomic mass is 16.5. The summed E-state index contributed by atoms with van der Waals surface area (Å²) in [5.41, 5.74) is 3.55. The van der Waals surface area contributed by atoms with Gasteiger partial charge in [0.25, 0.3) is 0 Å². The Bertz CT molecular complexity index is 869. The van der Waals surface area contributed by atoms with Crippen LogP contribution in [0, 0.1) is 5.92 Å². The molecule has 1 aromatic heterocycles. The molecule has 0 fully saturated rings. The van der Waals surface area contributed by atoms with Gasteiger partial charge in [0.1, 0.15) is 6.10 Å². The molecule has 25 heavy (non-hydrogen) atoms. The van der Waals surface area contributed by atoms with Crippen LogP contribution in [0.5, 0.6) is 0 Å². The number of hydrogen-bond acceptors (Lipinski definition) is 3. The fraction of sp³-hybridized carbons (Fsp3) is 0.273. The Morgan fingerprint density at radius 1 is 1.00 bits per heavy atom. The Kier molecular flexibility index (Phi) is 5.25. The zero-order valence-corrected chi connectivity index (χ0v) is 14.9. The Hall–Kier alpha value is -2.52. The summed E-state index contributed by atoms with van der Waals surface area (Å²) in [5, 5.41) is 1.12. The Balaban J connectivity index is 1.84. The maximum absolute atomic E-state index is 12.6. The number of methoxy groups -OCH3 is 1. The molecule has 1 atom stereocenters. The van der Waals surface area contributed by atoms with Gasteiger partial charge < -0.3 is 4.74 Å². The summed E-state index contributed by atoms with van der Waals surface area (Å²) in [6.45, 7) is 4.18. The molecule has 0 aliphatic heterocycles. The minimum atomic E-state index is -0.385. The van der Waals surface area contributed by atoms with Crippen molar-refractivity contribution >= 4 is 16.7 Å². The van der Waals surface area contributed by atoms with Crippen molar-refractivity contribution in [1.29, 1.82) is 0 Å². The topological polar surface area (TPSA) is 39.2 Å². The molecule has 0 saturated heterocycles. The third-order valence-corrected chi connectivity index (χ3v) is 4.33. The average molecular weight is 333 g/mol. The molecule has 3 rings (SSSR count). The fourth-order valence-electron chi connectivity index (χ4n) is 2.96. The van der Waals surface area contributed by atoms with Crippen molar-refractivity contribution in [3.63, 3.8) is 0 Å². The van der Waals surface area contributed by atoms with E-state index in [1.807, 2.05) is 54.6 Å². The van der Waals surface area contributed by atoms with Gasteiger partial charge in [-0.2, -0.15) is 0 Å². The Labute approximate surface area is 148 Å². The molecule has 0 amide bonds. The highest BCUT2D eigenvalue weighted by molar-refractivity contribution is 5.99. The van der Waals surface area contributed by atoms with Crippen molar-refractivity contribution < 1.29 is 9.53 Å². The van der Waals surface area contributed by atoms with Crippen LogP contribution in [0.1, 0.15) is 30.6 Å².